The first kappa shape index (κ1) is 14.4. The summed E-state index contributed by atoms with van der Waals surface area (Å²) in [6, 6.07) is 8.30. The minimum absolute atomic E-state index is 0.0554. The van der Waals surface area contributed by atoms with Gasteiger partial charge in [-0.1, -0.05) is 38.5 Å². The summed E-state index contributed by atoms with van der Waals surface area (Å²) in [5.74, 6) is 1.70. The summed E-state index contributed by atoms with van der Waals surface area (Å²) in [4.78, 5) is 14.8. The Bertz CT molecular complexity index is 531. The van der Waals surface area contributed by atoms with Crippen LogP contribution < -0.4 is 10.1 Å². The van der Waals surface area contributed by atoms with Crippen molar-refractivity contribution in [2.75, 3.05) is 7.11 Å². The number of carbonyl (C=O) groups is 1. The van der Waals surface area contributed by atoms with Gasteiger partial charge < -0.3 is 9.64 Å². The highest BCUT2D eigenvalue weighted by Crippen LogP contribution is 2.43. The lowest BCUT2D eigenvalue weighted by molar-refractivity contribution is -0.131. The fourth-order valence-electron chi connectivity index (χ4n) is 3.32. The third-order valence-corrected chi connectivity index (χ3v) is 4.62. The number of hydrogen-bond acceptors (Lipinski definition) is 3. The van der Waals surface area contributed by atoms with Gasteiger partial charge in [-0.25, -0.2) is 0 Å². The molecule has 1 heterocycles. The topological polar surface area (TPSA) is 41.6 Å². The number of ether oxygens (including phenoxy) is 1. The molecule has 1 amide bonds. The molecule has 1 N–H and O–H groups in total. The van der Waals surface area contributed by atoms with E-state index < -0.39 is 0 Å². The van der Waals surface area contributed by atoms with Gasteiger partial charge in [0, 0.05) is 11.6 Å². The zero-order valence-corrected chi connectivity index (χ0v) is 13.0. The van der Waals surface area contributed by atoms with Gasteiger partial charge in [-0.05, 0) is 24.8 Å². The summed E-state index contributed by atoms with van der Waals surface area (Å²) in [5.41, 5.74) is 1.06. The Morgan fingerprint density at radius 1 is 1.38 bits per heavy atom. The Morgan fingerprint density at radius 3 is 2.71 bits per heavy atom. The molecule has 4 heteroatoms. The molecule has 1 aromatic rings. The maximum absolute atomic E-state index is 12.7. The molecule has 2 aliphatic rings. The molecule has 0 radical (unpaired) electrons. The summed E-state index contributed by atoms with van der Waals surface area (Å²) in [5, 5.41) is 3.52. The van der Waals surface area contributed by atoms with E-state index in [1.54, 1.807) is 7.11 Å². The van der Waals surface area contributed by atoms with E-state index in [4.69, 9.17) is 4.74 Å². The third kappa shape index (κ3) is 2.53. The number of amides is 1. The van der Waals surface area contributed by atoms with Crippen LogP contribution in [0.1, 0.15) is 44.8 Å². The molecule has 1 aliphatic heterocycles. The van der Waals surface area contributed by atoms with Crippen molar-refractivity contribution in [2.24, 2.45) is 5.92 Å². The number of para-hydroxylation sites is 1. The van der Waals surface area contributed by atoms with Gasteiger partial charge in [0.15, 0.2) is 0 Å². The largest absolute Gasteiger partial charge is 0.496 e. The Labute approximate surface area is 126 Å². The maximum atomic E-state index is 12.7. The molecular formula is C17H24N2O2. The van der Waals surface area contributed by atoms with Gasteiger partial charge in [0.25, 0.3) is 0 Å². The highest BCUT2D eigenvalue weighted by Gasteiger charge is 2.50. The second-order valence-corrected chi connectivity index (χ2v) is 6.18. The van der Waals surface area contributed by atoms with Crippen LogP contribution in [0.15, 0.2) is 24.3 Å². The van der Waals surface area contributed by atoms with Crippen LogP contribution in [0.4, 0.5) is 0 Å². The lowest BCUT2D eigenvalue weighted by atomic mass is 10.1. The highest BCUT2D eigenvalue weighted by atomic mass is 16.5. The lowest BCUT2D eigenvalue weighted by Crippen LogP contribution is -2.34. The molecule has 1 saturated carbocycles. The van der Waals surface area contributed by atoms with Crippen molar-refractivity contribution in [3.63, 3.8) is 0 Å². The van der Waals surface area contributed by atoms with Crippen molar-refractivity contribution in [3.05, 3.63) is 29.8 Å². The number of nitrogens with one attached hydrogen (secondary N) is 1. The SMILES string of the molecule is CCCC1NC(c2ccccc2OC)N(C2CC2C)C1=O. The first-order valence-electron chi connectivity index (χ1n) is 7.88. The van der Waals surface area contributed by atoms with Gasteiger partial charge >= 0.3 is 0 Å². The van der Waals surface area contributed by atoms with Crippen LogP contribution >= 0.6 is 0 Å². The van der Waals surface area contributed by atoms with Crippen LogP contribution in [-0.2, 0) is 4.79 Å². The van der Waals surface area contributed by atoms with Crippen LogP contribution in [0.3, 0.4) is 0 Å². The zero-order chi connectivity index (χ0) is 15.0. The fraction of sp³-hybridized carbons (Fsp3) is 0.588. The first-order chi connectivity index (χ1) is 10.2. The molecule has 3 rings (SSSR count). The molecule has 4 atom stereocenters. The highest BCUT2D eigenvalue weighted by molar-refractivity contribution is 5.85. The predicted octanol–water partition coefficient (Wildman–Crippen LogP) is 2.70. The van der Waals surface area contributed by atoms with Crippen molar-refractivity contribution in [3.8, 4) is 5.75 Å². The summed E-state index contributed by atoms with van der Waals surface area (Å²) in [6.45, 7) is 4.33. The van der Waals surface area contributed by atoms with E-state index in [0.29, 0.717) is 12.0 Å². The van der Waals surface area contributed by atoms with Crippen LogP contribution in [0.5, 0.6) is 5.75 Å². The van der Waals surface area contributed by atoms with Crippen LogP contribution in [-0.4, -0.2) is 30.0 Å². The Kier molecular flexibility index (Phi) is 3.89. The minimum atomic E-state index is -0.0577. The number of methoxy groups -OCH3 is 1. The number of carbonyl (C=O) groups excluding carboxylic acids is 1. The number of benzene rings is 1. The number of hydrogen-bond donors (Lipinski definition) is 1. The monoisotopic (exact) mass is 288 g/mol. The second-order valence-electron chi connectivity index (χ2n) is 6.18. The van der Waals surface area contributed by atoms with Crippen molar-refractivity contribution in [1.29, 1.82) is 0 Å². The molecule has 114 valence electrons. The molecular weight excluding hydrogens is 264 g/mol. The van der Waals surface area contributed by atoms with E-state index in [-0.39, 0.29) is 18.1 Å². The van der Waals surface area contributed by atoms with Gasteiger partial charge in [0.2, 0.25) is 5.91 Å². The van der Waals surface area contributed by atoms with E-state index in [1.165, 1.54) is 0 Å². The number of rotatable bonds is 5. The normalized spacial score (nSPS) is 31.6. The summed E-state index contributed by atoms with van der Waals surface area (Å²) in [7, 11) is 1.68. The zero-order valence-electron chi connectivity index (χ0n) is 13.0. The van der Waals surface area contributed by atoms with E-state index >= 15 is 0 Å². The van der Waals surface area contributed by atoms with Crippen LogP contribution in [0, 0.1) is 5.92 Å². The second kappa shape index (κ2) is 5.68. The Balaban J connectivity index is 1.93. The summed E-state index contributed by atoms with van der Waals surface area (Å²) < 4.78 is 5.49. The van der Waals surface area contributed by atoms with Gasteiger partial charge in [0.05, 0.1) is 13.2 Å². The average molecular weight is 288 g/mol. The molecule has 1 aliphatic carbocycles. The summed E-state index contributed by atoms with van der Waals surface area (Å²) >= 11 is 0. The van der Waals surface area contributed by atoms with E-state index in [1.807, 2.05) is 18.2 Å². The Morgan fingerprint density at radius 2 is 2.10 bits per heavy atom. The van der Waals surface area contributed by atoms with E-state index in [9.17, 15) is 4.79 Å². The molecule has 1 saturated heterocycles. The molecule has 4 unspecified atom stereocenters. The van der Waals surface area contributed by atoms with Gasteiger partial charge in [-0.2, -0.15) is 0 Å². The maximum Gasteiger partial charge on any atom is 0.241 e. The predicted molar refractivity (Wildman–Crippen MR) is 82.0 cm³/mol. The minimum Gasteiger partial charge on any atom is -0.496 e. The molecule has 0 bridgehead atoms. The third-order valence-electron chi connectivity index (χ3n) is 4.62. The van der Waals surface area contributed by atoms with Crippen molar-refractivity contribution >= 4 is 5.91 Å². The average Bonchev–Trinajstić information content (AvgIpc) is 3.12. The lowest BCUT2D eigenvalue weighted by Gasteiger charge is -2.26. The molecule has 4 nitrogen and oxygen atoms in total. The van der Waals surface area contributed by atoms with Crippen molar-refractivity contribution in [2.45, 2.75) is 51.4 Å². The number of nitrogens with zero attached hydrogens (tertiary/aromatic N) is 1. The molecule has 0 spiro atoms. The molecule has 0 aromatic heterocycles. The van der Waals surface area contributed by atoms with Crippen LogP contribution in [0.2, 0.25) is 0 Å². The van der Waals surface area contributed by atoms with Gasteiger partial charge in [0.1, 0.15) is 11.9 Å². The van der Waals surface area contributed by atoms with E-state index in [2.05, 4.69) is 30.1 Å². The smallest absolute Gasteiger partial charge is 0.241 e. The Hall–Kier alpha value is -1.55. The van der Waals surface area contributed by atoms with Crippen molar-refractivity contribution < 1.29 is 9.53 Å². The van der Waals surface area contributed by atoms with E-state index in [0.717, 1.165) is 30.6 Å². The van der Waals surface area contributed by atoms with Crippen LogP contribution in [0.25, 0.3) is 0 Å². The molecule has 2 fully saturated rings. The first-order valence-corrected chi connectivity index (χ1v) is 7.88. The molecule has 21 heavy (non-hydrogen) atoms. The fourth-order valence-corrected chi connectivity index (χ4v) is 3.32. The van der Waals surface area contributed by atoms with Gasteiger partial charge in [-0.3, -0.25) is 10.1 Å². The van der Waals surface area contributed by atoms with Gasteiger partial charge in [-0.15, -0.1) is 0 Å². The quantitative estimate of drug-likeness (QED) is 0.906. The molecule has 1 aromatic carbocycles. The summed E-state index contributed by atoms with van der Waals surface area (Å²) in [6.07, 6.45) is 2.95. The standard InChI is InChI=1S/C17H24N2O2/c1-4-7-13-17(20)19(14-10-11(14)2)16(18-13)12-8-5-6-9-15(12)21-3/h5-6,8-9,11,13-14,16,18H,4,7,10H2,1-3H3. The van der Waals surface area contributed by atoms with Crippen molar-refractivity contribution in [1.82, 2.24) is 10.2 Å².